The third-order valence-electron chi connectivity index (χ3n) is 11.0. The number of hydrogen-bond donors (Lipinski definition) is 4. The zero-order chi connectivity index (χ0) is 42.4. The largest absolute Gasteiger partial charge is 0.496 e. The highest BCUT2D eigenvalue weighted by Crippen LogP contribution is 2.38. The molecule has 3 saturated heterocycles. The monoisotopic (exact) mass is 824 g/mol. The zero-order valence-electron chi connectivity index (χ0n) is 32.9. The second kappa shape index (κ2) is 18.3. The predicted octanol–water partition coefficient (Wildman–Crippen LogP) is 3.32. The Morgan fingerprint density at radius 1 is 0.932 bits per heavy atom. The quantitative estimate of drug-likeness (QED) is 0.171. The number of carbonyl (C=O) groups excluding carboxylic acids is 3. The van der Waals surface area contributed by atoms with Gasteiger partial charge in [0.1, 0.15) is 23.1 Å². The number of ether oxygens (including phenoxy) is 2. The van der Waals surface area contributed by atoms with E-state index in [0.29, 0.717) is 48.9 Å². The highest BCUT2D eigenvalue weighted by atomic mass is 19.4. The summed E-state index contributed by atoms with van der Waals surface area (Å²) in [6, 6.07) is 11.7. The number of fused-ring (bicyclic) bond motifs is 1. The molecule has 3 fully saturated rings. The molecule has 16 nitrogen and oxygen atoms in total. The van der Waals surface area contributed by atoms with Gasteiger partial charge in [0, 0.05) is 82.1 Å². The minimum atomic E-state index is -5.08. The number of piperidine rings is 2. The molecule has 3 aliphatic rings. The van der Waals surface area contributed by atoms with Crippen molar-refractivity contribution in [3.05, 3.63) is 70.3 Å². The van der Waals surface area contributed by atoms with Crippen molar-refractivity contribution in [1.82, 2.24) is 34.8 Å². The van der Waals surface area contributed by atoms with E-state index in [-0.39, 0.29) is 23.3 Å². The van der Waals surface area contributed by atoms with Crippen molar-refractivity contribution in [3.63, 3.8) is 0 Å². The van der Waals surface area contributed by atoms with Gasteiger partial charge < -0.3 is 29.4 Å². The van der Waals surface area contributed by atoms with Crippen LogP contribution in [0.5, 0.6) is 11.5 Å². The van der Waals surface area contributed by atoms with E-state index in [9.17, 15) is 32.3 Å². The number of methoxy groups -OCH3 is 2. The minimum Gasteiger partial charge on any atom is -0.496 e. The number of imide groups is 1. The number of benzene rings is 2. The summed E-state index contributed by atoms with van der Waals surface area (Å²) in [6.45, 7) is 5.75. The number of aromatic nitrogens is 3. The molecule has 1 unspecified atom stereocenters. The summed E-state index contributed by atoms with van der Waals surface area (Å²) in [7, 11) is 5.03. The SMILES string of the molecule is COc1cc(-c2cn(C)c(=O)c3[nH]ncc23)cc(OC)c1CN1CCN(CC(=O)N2CCC(c3ccc(NC4CCC(=O)NC4=O)cc3)CC2)CC1.O=C(O)C(F)(F)F. The molecule has 5 heterocycles. The lowest BCUT2D eigenvalue weighted by Crippen LogP contribution is -2.50. The maximum atomic E-state index is 13.3. The molecule has 2 aromatic carbocycles. The average Bonchev–Trinajstić information content (AvgIpc) is 3.72. The van der Waals surface area contributed by atoms with Gasteiger partial charge in [-0.15, -0.1) is 0 Å². The maximum Gasteiger partial charge on any atom is 0.490 e. The normalized spacial score (nSPS) is 18.2. The number of nitrogens with zero attached hydrogens (tertiary/aromatic N) is 5. The second-order valence-electron chi connectivity index (χ2n) is 14.8. The maximum absolute atomic E-state index is 13.3. The van der Waals surface area contributed by atoms with Gasteiger partial charge in [-0.3, -0.25) is 39.4 Å². The molecule has 2 aromatic heterocycles. The number of carboxylic acids is 1. The Hall–Kier alpha value is -5.95. The van der Waals surface area contributed by atoms with Crippen LogP contribution in [0.25, 0.3) is 22.0 Å². The fourth-order valence-corrected chi connectivity index (χ4v) is 7.64. The van der Waals surface area contributed by atoms with Gasteiger partial charge in [0.15, 0.2) is 0 Å². The van der Waals surface area contributed by atoms with Gasteiger partial charge in [-0.2, -0.15) is 18.3 Å². The van der Waals surface area contributed by atoms with Crippen LogP contribution in [-0.4, -0.2) is 131 Å². The number of aryl methyl sites for hydroxylation is 1. The first-order chi connectivity index (χ1) is 28.1. The number of rotatable bonds is 10. The summed E-state index contributed by atoms with van der Waals surface area (Å²) >= 11 is 0. The van der Waals surface area contributed by atoms with Gasteiger partial charge >= 0.3 is 12.1 Å². The summed E-state index contributed by atoms with van der Waals surface area (Å²) in [6.07, 6.45) is 1.05. The average molecular weight is 825 g/mol. The first-order valence-corrected chi connectivity index (χ1v) is 19.2. The number of nitrogens with one attached hydrogen (secondary N) is 3. The van der Waals surface area contributed by atoms with E-state index in [2.05, 4.69) is 42.8 Å². The number of amides is 3. The number of hydrogen-bond acceptors (Lipinski definition) is 11. The standard InChI is InChI=1S/C38H46N8O6.C2HF3O2/c1-43-21-29(28-20-39-42-36(28)38(43)50)26-18-32(51-2)30(33(19-26)52-3)22-44-14-16-45(17-15-44)23-35(48)46-12-10-25(11-13-46)24-4-6-27(7-5-24)40-31-8-9-34(47)41-37(31)49;3-2(4,5)1(6)7/h4-7,18-21,25,31,40H,8-17,22-23H2,1-3H3,(H,39,42)(H,41,47,49);(H,6,7). The summed E-state index contributed by atoms with van der Waals surface area (Å²) < 4.78 is 45.0. The molecule has 4 N–H and O–H groups in total. The number of H-pyrrole nitrogens is 1. The molecule has 7 rings (SSSR count). The van der Waals surface area contributed by atoms with Crippen LogP contribution in [0.2, 0.25) is 0 Å². The number of anilines is 1. The van der Waals surface area contributed by atoms with Crippen molar-refractivity contribution >= 4 is 40.3 Å². The highest BCUT2D eigenvalue weighted by molar-refractivity contribution is 6.01. The molecule has 59 heavy (non-hydrogen) atoms. The third-order valence-corrected chi connectivity index (χ3v) is 11.0. The van der Waals surface area contributed by atoms with E-state index < -0.39 is 18.2 Å². The van der Waals surface area contributed by atoms with Gasteiger partial charge in [-0.05, 0) is 60.6 Å². The summed E-state index contributed by atoms with van der Waals surface area (Å²) in [5.74, 6) is -1.27. The zero-order valence-corrected chi connectivity index (χ0v) is 32.9. The van der Waals surface area contributed by atoms with Gasteiger partial charge in [-0.1, -0.05) is 12.1 Å². The number of alkyl halides is 3. The molecule has 0 radical (unpaired) electrons. The van der Waals surface area contributed by atoms with E-state index in [1.54, 1.807) is 32.0 Å². The van der Waals surface area contributed by atoms with Gasteiger partial charge in [0.05, 0.1) is 32.5 Å². The van der Waals surface area contributed by atoms with Crippen LogP contribution in [0.3, 0.4) is 0 Å². The molecule has 0 spiro atoms. The molecule has 0 saturated carbocycles. The number of aliphatic carboxylic acids is 1. The van der Waals surface area contributed by atoms with Crippen molar-refractivity contribution in [2.45, 2.75) is 50.4 Å². The number of halogens is 3. The van der Waals surface area contributed by atoms with Crippen molar-refractivity contribution in [2.24, 2.45) is 7.05 Å². The fraction of sp³-hybridized carbons (Fsp3) is 0.450. The molecule has 0 aliphatic carbocycles. The van der Waals surface area contributed by atoms with Crippen LogP contribution in [-0.2, 0) is 32.8 Å². The topological polar surface area (TPSA) is 191 Å². The van der Waals surface area contributed by atoms with E-state index in [4.69, 9.17) is 19.4 Å². The number of carboxylic acid groups (broad SMARTS) is 1. The summed E-state index contributed by atoms with van der Waals surface area (Å²) in [4.78, 5) is 64.9. The Labute approximate surface area is 337 Å². The number of aromatic amines is 1. The smallest absolute Gasteiger partial charge is 0.490 e. The molecule has 0 bridgehead atoms. The van der Waals surface area contributed by atoms with Crippen molar-refractivity contribution in [1.29, 1.82) is 0 Å². The molecular weight excluding hydrogens is 777 g/mol. The van der Waals surface area contributed by atoms with E-state index in [0.717, 1.165) is 79.9 Å². The van der Waals surface area contributed by atoms with Crippen LogP contribution in [0.15, 0.2) is 53.6 Å². The Morgan fingerprint density at radius 3 is 2.12 bits per heavy atom. The van der Waals surface area contributed by atoms with Gasteiger partial charge in [0.25, 0.3) is 5.56 Å². The molecule has 316 valence electrons. The molecular formula is C40H47F3N8O8. The molecule has 4 aromatic rings. The Kier molecular flexibility index (Phi) is 13.2. The lowest BCUT2D eigenvalue weighted by atomic mass is 9.89. The first-order valence-electron chi connectivity index (χ1n) is 19.2. The van der Waals surface area contributed by atoms with Crippen molar-refractivity contribution in [2.75, 3.05) is 65.3 Å². The molecule has 3 amide bonds. The Morgan fingerprint density at radius 2 is 1.54 bits per heavy atom. The third kappa shape index (κ3) is 10.2. The predicted molar refractivity (Wildman–Crippen MR) is 210 cm³/mol. The first kappa shape index (κ1) is 42.7. The van der Waals surface area contributed by atoms with Gasteiger partial charge in [-0.25, -0.2) is 4.79 Å². The fourth-order valence-electron chi connectivity index (χ4n) is 7.64. The van der Waals surface area contributed by atoms with E-state index in [1.807, 2.05) is 35.4 Å². The van der Waals surface area contributed by atoms with Crippen LogP contribution in [0.4, 0.5) is 18.9 Å². The number of likely N-dealkylation sites (tertiary alicyclic amines) is 1. The van der Waals surface area contributed by atoms with E-state index >= 15 is 0 Å². The van der Waals surface area contributed by atoms with Crippen LogP contribution in [0.1, 0.15) is 42.7 Å². The summed E-state index contributed by atoms with van der Waals surface area (Å²) in [5, 5.41) is 20.4. The molecule has 19 heteroatoms. The second-order valence-corrected chi connectivity index (χ2v) is 14.8. The lowest BCUT2D eigenvalue weighted by Gasteiger charge is -2.37. The number of carbonyl (C=O) groups is 4. The number of piperazine rings is 1. The molecule has 1 atom stereocenters. The molecule has 3 aliphatic heterocycles. The Balaban J connectivity index is 0.000000768. The highest BCUT2D eigenvalue weighted by Gasteiger charge is 2.38. The minimum absolute atomic E-state index is 0.139. The van der Waals surface area contributed by atoms with Gasteiger partial charge in [0.2, 0.25) is 17.7 Å². The lowest BCUT2D eigenvalue weighted by molar-refractivity contribution is -0.192. The van der Waals surface area contributed by atoms with Crippen molar-refractivity contribution < 1.29 is 46.9 Å². The van der Waals surface area contributed by atoms with Crippen LogP contribution in [0, 0.1) is 0 Å². The number of pyridine rings is 1. The van der Waals surface area contributed by atoms with Crippen molar-refractivity contribution in [3.8, 4) is 22.6 Å². The van der Waals surface area contributed by atoms with E-state index in [1.165, 1.54) is 5.56 Å². The van der Waals surface area contributed by atoms with Crippen LogP contribution < -0.4 is 25.7 Å². The van der Waals surface area contributed by atoms with Crippen LogP contribution >= 0.6 is 0 Å². The Bertz CT molecular complexity index is 2200. The summed E-state index contributed by atoms with van der Waals surface area (Å²) in [5.41, 5.74) is 5.08.